The fourth-order valence-electron chi connectivity index (χ4n) is 6.07. The smallest absolute Gasteiger partial charge is 0.410 e. The molecule has 2 atom stereocenters. The van der Waals surface area contributed by atoms with Crippen LogP contribution in [0.15, 0.2) is 72.9 Å². The molecule has 0 spiro atoms. The van der Waals surface area contributed by atoms with Crippen LogP contribution < -0.4 is 9.47 Å². The van der Waals surface area contributed by atoms with E-state index in [2.05, 4.69) is 35.4 Å². The lowest BCUT2D eigenvalue weighted by molar-refractivity contribution is -0.0359. The highest BCUT2D eigenvalue weighted by atomic mass is 16.6. The molecule has 3 aromatic carbocycles. The van der Waals surface area contributed by atoms with Crippen LogP contribution in [0.5, 0.6) is 11.5 Å². The third kappa shape index (κ3) is 10.4. The van der Waals surface area contributed by atoms with E-state index in [4.69, 9.17) is 28.4 Å². The molecule has 5 rings (SSSR count). The van der Waals surface area contributed by atoms with E-state index in [1.165, 1.54) is 0 Å². The minimum atomic E-state index is -0.566. The van der Waals surface area contributed by atoms with Crippen LogP contribution in [0.2, 0.25) is 0 Å². The van der Waals surface area contributed by atoms with Crippen molar-refractivity contribution in [2.24, 2.45) is 0 Å². The normalized spacial score (nSPS) is 16.6. The summed E-state index contributed by atoms with van der Waals surface area (Å²) < 4.78 is 36.9. The maximum Gasteiger partial charge on any atom is 0.410 e. The van der Waals surface area contributed by atoms with Gasteiger partial charge < -0.3 is 33.3 Å². The van der Waals surface area contributed by atoms with Gasteiger partial charge in [0.1, 0.15) is 17.1 Å². The molecule has 0 aliphatic carbocycles. The average Bonchev–Trinajstić information content (AvgIpc) is 3.50. The van der Waals surface area contributed by atoms with Crippen molar-refractivity contribution >= 4 is 17.0 Å². The maximum atomic E-state index is 13.0. The van der Waals surface area contributed by atoms with Crippen LogP contribution >= 0.6 is 0 Å². The summed E-state index contributed by atoms with van der Waals surface area (Å²) in [5.74, 6) is 1.76. The van der Waals surface area contributed by atoms with E-state index in [1.54, 1.807) is 19.1 Å². The van der Waals surface area contributed by atoms with Gasteiger partial charge in [-0.3, -0.25) is 4.68 Å². The molecular formula is C39H51N3O7. The van der Waals surface area contributed by atoms with Gasteiger partial charge in [0.2, 0.25) is 0 Å². The highest BCUT2D eigenvalue weighted by molar-refractivity contribution is 5.79. The van der Waals surface area contributed by atoms with E-state index in [1.807, 2.05) is 68.0 Å². The summed E-state index contributed by atoms with van der Waals surface area (Å²) in [5, 5.41) is 5.66. The first-order valence-corrected chi connectivity index (χ1v) is 17.2. The number of rotatable bonds is 16. The van der Waals surface area contributed by atoms with Gasteiger partial charge in [0, 0.05) is 50.1 Å². The number of benzene rings is 3. The first kappa shape index (κ1) is 36.2. The highest BCUT2D eigenvalue weighted by Gasteiger charge is 2.35. The van der Waals surface area contributed by atoms with Gasteiger partial charge in [0.15, 0.2) is 0 Å². The number of nitrogens with zero attached hydrogens (tertiary/aromatic N) is 3. The van der Waals surface area contributed by atoms with Crippen molar-refractivity contribution in [2.75, 3.05) is 47.1 Å². The number of methoxy groups -OCH3 is 2. The van der Waals surface area contributed by atoms with Crippen LogP contribution in [-0.4, -0.2) is 79.6 Å². The molecule has 1 aliphatic rings. The second-order valence-electron chi connectivity index (χ2n) is 13.4. The first-order valence-electron chi connectivity index (χ1n) is 17.2. The van der Waals surface area contributed by atoms with Crippen LogP contribution in [0.25, 0.3) is 10.9 Å². The van der Waals surface area contributed by atoms with E-state index in [9.17, 15) is 4.79 Å². The Hall–Kier alpha value is -4.12. The third-order valence-corrected chi connectivity index (χ3v) is 8.56. The van der Waals surface area contributed by atoms with Crippen LogP contribution in [0.4, 0.5) is 4.79 Å². The first-order chi connectivity index (χ1) is 23.7. The average molecular weight is 674 g/mol. The molecule has 0 saturated carbocycles. The minimum Gasteiger partial charge on any atom is -0.496 e. The van der Waals surface area contributed by atoms with Gasteiger partial charge in [0.25, 0.3) is 0 Å². The zero-order valence-electron chi connectivity index (χ0n) is 29.6. The molecular weight excluding hydrogens is 622 g/mol. The maximum absolute atomic E-state index is 13.0. The summed E-state index contributed by atoms with van der Waals surface area (Å²) in [6.07, 6.45) is 3.80. The summed E-state index contributed by atoms with van der Waals surface area (Å²) in [6, 6.07) is 22.5. The standard InChI is InChI=1S/C39H51N3O7/c1-39(2,3)49-38(43)41-20-18-34(37(26-41)48-27-29-12-13-31-25-40-42(35(31)24-29)19-8-21-44-4)30-14-16-33(17-15-30)47-23-9-22-46-28-32-10-6-7-11-36(32)45-5/h6-7,10-17,24-25,34,37H,8-9,18-23,26-28H2,1-5H3. The largest absolute Gasteiger partial charge is 0.496 e. The lowest BCUT2D eigenvalue weighted by Crippen LogP contribution is -2.48. The molecule has 4 aromatic rings. The molecule has 10 nitrogen and oxygen atoms in total. The van der Waals surface area contributed by atoms with Crippen molar-refractivity contribution in [2.45, 2.75) is 77.4 Å². The Morgan fingerprint density at radius 2 is 1.76 bits per heavy atom. The van der Waals surface area contributed by atoms with Gasteiger partial charge in [-0.05, 0) is 69.0 Å². The fourth-order valence-corrected chi connectivity index (χ4v) is 6.07. The Morgan fingerprint density at radius 3 is 2.53 bits per heavy atom. The van der Waals surface area contributed by atoms with Crippen molar-refractivity contribution in [3.8, 4) is 11.5 Å². The summed E-state index contributed by atoms with van der Waals surface area (Å²) in [6.45, 7) is 10.3. The molecule has 264 valence electrons. The van der Waals surface area contributed by atoms with Crippen LogP contribution in [0, 0.1) is 0 Å². The number of para-hydroxylation sites is 1. The SMILES string of the molecule is COCCCn1ncc2ccc(COC3CN(C(=O)OC(C)(C)C)CCC3c3ccc(OCCCOCc4ccccc4OC)cc3)cc21. The topological polar surface area (TPSA) is 93.5 Å². The van der Waals surface area contributed by atoms with E-state index in [0.717, 1.165) is 64.9 Å². The van der Waals surface area contributed by atoms with Crippen LogP contribution in [0.3, 0.4) is 0 Å². The van der Waals surface area contributed by atoms with Gasteiger partial charge in [-0.1, -0.05) is 42.5 Å². The van der Waals surface area contributed by atoms with Crippen LogP contribution in [-0.2, 0) is 38.7 Å². The Kier molecular flexibility index (Phi) is 12.9. The number of ether oxygens (including phenoxy) is 6. The molecule has 1 fully saturated rings. The molecule has 1 aliphatic heterocycles. The fraction of sp³-hybridized carbons (Fsp3) is 0.487. The molecule has 1 saturated heterocycles. The molecule has 0 radical (unpaired) electrons. The van der Waals surface area contributed by atoms with E-state index in [0.29, 0.717) is 46.1 Å². The van der Waals surface area contributed by atoms with Crippen molar-refractivity contribution in [3.05, 3.63) is 89.6 Å². The number of likely N-dealkylation sites (tertiary alicyclic amines) is 1. The number of carbonyl (C=O) groups excluding carboxylic acids is 1. The molecule has 2 unspecified atom stereocenters. The number of aromatic nitrogens is 2. The molecule has 0 bridgehead atoms. The second kappa shape index (κ2) is 17.5. The number of hydrogen-bond acceptors (Lipinski definition) is 8. The van der Waals surface area contributed by atoms with Gasteiger partial charge in [-0.25, -0.2) is 4.79 Å². The monoisotopic (exact) mass is 673 g/mol. The number of piperidine rings is 1. The molecule has 0 N–H and O–H groups in total. The number of carbonyl (C=O) groups is 1. The van der Waals surface area contributed by atoms with Crippen molar-refractivity contribution in [3.63, 3.8) is 0 Å². The van der Waals surface area contributed by atoms with Gasteiger partial charge in [0.05, 0.1) is 57.9 Å². The summed E-state index contributed by atoms with van der Waals surface area (Å²) >= 11 is 0. The summed E-state index contributed by atoms with van der Waals surface area (Å²) in [5.41, 5.74) is 3.76. The summed E-state index contributed by atoms with van der Waals surface area (Å²) in [7, 11) is 3.38. The molecule has 10 heteroatoms. The minimum absolute atomic E-state index is 0.111. The lowest BCUT2D eigenvalue weighted by Gasteiger charge is -2.39. The highest BCUT2D eigenvalue weighted by Crippen LogP contribution is 2.33. The number of hydrogen-bond donors (Lipinski definition) is 0. The van der Waals surface area contributed by atoms with Crippen molar-refractivity contribution in [1.82, 2.24) is 14.7 Å². The molecule has 1 amide bonds. The molecule has 1 aromatic heterocycles. The second-order valence-corrected chi connectivity index (χ2v) is 13.4. The third-order valence-electron chi connectivity index (χ3n) is 8.56. The lowest BCUT2D eigenvalue weighted by atomic mass is 9.87. The Morgan fingerprint density at radius 1 is 0.939 bits per heavy atom. The van der Waals surface area contributed by atoms with E-state index >= 15 is 0 Å². The zero-order chi connectivity index (χ0) is 34.6. The quantitative estimate of drug-likeness (QED) is 0.114. The van der Waals surface area contributed by atoms with E-state index in [-0.39, 0.29) is 18.1 Å². The zero-order valence-corrected chi connectivity index (χ0v) is 29.6. The Bertz CT molecular complexity index is 1620. The Balaban J connectivity index is 1.19. The number of aryl methyl sites for hydroxylation is 1. The van der Waals surface area contributed by atoms with Crippen LogP contribution in [0.1, 0.15) is 62.6 Å². The number of fused-ring (bicyclic) bond motifs is 1. The predicted octanol–water partition coefficient (Wildman–Crippen LogP) is 7.38. The van der Waals surface area contributed by atoms with Gasteiger partial charge >= 0.3 is 6.09 Å². The van der Waals surface area contributed by atoms with Crippen molar-refractivity contribution < 1.29 is 33.2 Å². The predicted molar refractivity (Wildman–Crippen MR) is 189 cm³/mol. The number of amides is 1. The molecule has 49 heavy (non-hydrogen) atoms. The molecule has 2 heterocycles. The van der Waals surface area contributed by atoms with Crippen molar-refractivity contribution in [1.29, 1.82) is 0 Å². The van der Waals surface area contributed by atoms with Gasteiger partial charge in [-0.2, -0.15) is 5.10 Å². The van der Waals surface area contributed by atoms with Gasteiger partial charge in [-0.15, -0.1) is 0 Å². The Labute approximate surface area is 290 Å². The van der Waals surface area contributed by atoms with E-state index < -0.39 is 5.60 Å². The summed E-state index contributed by atoms with van der Waals surface area (Å²) in [4.78, 5) is 14.8.